The number of carbonyl (C=O) groups is 3. The number of carbonyl (C=O) groups excluding carboxylic acids is 3. The van der Waals surface area contributed by atoms with E-state index in [0.29, 0.717) is 5.56 Å². The lowest BCUT2D eigenvalue weighted by Crippen LogP contribution is -2.32. The number of nitrogens with one attached hydrogen (secondary N) is 2. The Morgan fingerprint density at radius 2 is 1.82 bits per heavy atom. The fourth-order valence-corrected chi connectivity index (χ4v) is 2.19. The van der Waals surface area contributed by atoms with Crippen molar-refractivity contribution in [3.8, 4) is 5.75 Å². The quantitative estimate of drug-likeness (QED) is 0.674. The zero-order valence-electron chi connectivity index (χ0n) is 14.9. The lowest BCUT2D eigenvalue weighted by atomic mass is 10.1. The topological polar surface area (TPSA) is 93.7 Å². The summed E-state index contributed by atoms with van der Waals surface area (Å²) in [7, 11) is 0. The molecule has 0 aliphatic heterocycles. The van der Waals surface area contributed by atoms with Gasteiger partial charge in [0.1, 0.15) is 12.3 Å². The van der Waals surface area contributed by atoms with Crippen LogP contribution < -0.4 is 15.4 Å². The summed E-state index contributed by atoms with van der Waals surface area (Å²) >= 11 is 0. The maximum Gasteiger partial charge on any atom is 0.387 e. The molecule has 0 aliphatic rings. The fourth-order valence-electron chi connectivity index (χ4n) is 2.19. The van der Waals surface area contributed by atoms with Gasteiger partial charge in [-0.25, -0.2) is 0 Å². The van der Waals surface area contributed by atoms with Crippen LogP contribution in [-0.4, -0.2) is 37.5 Å². The number of para-hydroxylation sites is 2. The molecule has 28 heavy (non-hydrogen) atoms. The highest BCUT2D eigenvalue weighted by Gasteiger charge is 2.14. The van der Waals surface area contributed by atoms with Gasteiger partial charge < -0.3 is 20.1 Å². The first-order valence-corrected chi connectivity index (χ1v) is 8.19. The molecule has 0 saturated heterocycles. The van der Waals surface area contributed by atoms with Crippen LogP contribution in [0.25, 0.3) is 0 Å². The minimum Gasteiger partial charge on any atom is -0.454 e. The molecule has 2 N–H and O–H groups in total. The van der Waals surface area contributed by atoms with E-state index in [1.807, 2.05) is 13.0 Å². The second-order valence-electron chi connectivity index (χ2n) is 5.64. The molecule has 9 heteroatoms. The number of alkyl halides is 2. The standard InChI is InChI=1S/C19H18F2N2O5/c1-12-5-4-6-13(9-12)18(26)22-10-17(25)27-11-16(24)23-14-7-2-3-8-15(14)28-19(20)21/h2-9,19H,10-11H2,1H3,(H,22,26)(H,23,24). The molecule has 0 radical (unpaired) electrons. The molecule has 2 rings (SSSR count). The highest BCUT2D eigenvalue weighted by molar-refractivity contribution is 5.97. The molecule has 0 saturated carbocycles. The van der Waals surface area contributed by atoms with E-state index in [9.17, 15) is 23.2 Å². The van der Waals surface area contributed by atoms with Crippen LogP contribution >= 0.6 is 0 Å². The third-order valence-corrected chi connectivity index (χ3v) is 3.41. The van der Waals surface area contributed by atoms with E-state index in [-0.39, 0.29) is 11.4 Å². The van der Waals surface area contributed by atoms with Gasteiger partial charge in [0.2, 0.25) is 0 Å². The van der Waals surface area contributed by atoms with Crippen molar-refractivity contribution < 1.29 is 32.6 Å². The van der Waals surface area contributed by atoms with Gasteiger partial charge in [0.15, 0.2) is 6.61 Å². The van der Waals surface area contributed by atoms with Gasteiger partial charge in [-0.15, -0.1) is 0 Å². The van der Waals surface area contributed by atoms with Crippen molar-refractivity contribution in [2.45, 2.75) is 13.5 Å². The number of halogens is 2. The number of rotatable bonds is 8. The number of anilines is 1. The van der Waals surface area contributed by atoms with Crippen molar-refractivity contribution in [3.05, 3.63) is 59.7 Å². The van der Waals surface area contributed by atoms with E-state index < -0.39 is 37.5 Å². The Morgan fingerprint density at radius 1 is 1.07 bits per heavy atom. The first kappa shape index (κ1) is 20.8. The van der Waals surface area contributed by atoms with Crippen molar-refractivity contribution in [3.63, 3.8) is 0 Å². The zero-order valence-corrected chi connectivity index (χ0v) is 14.9. The smallest absolute Gasteiger partial charge is 0.387 e. The molecule has 0 aromatic heterocycles. The Hall–Kier alpha value is -3.49. The van der Waals surface area contributed by atoms with Crippen molar-refractivity contribution in [2.24, 2.45) is 0 Å². The number of benzene rings is 2. The molecule has 0 fully saturated rings. The Labute approximate surface area is 159 Å². The minimum absolute atomic E-state index is 0.0107. The van der Waals surface area contributed by atoms with Gasteiger partial charge in [-0.05, 0) is 31.2 Å². The van der Waals surface area contributed by atoms with E-state index in [1.165, 1.54) is 24.3 Å². The molecular formula is C19H18F2N2O5. The average Bonchev–Trinajstić information content (AvgIpc) is 2.65. The van der Waals surface area contributed by atoms with Crippen molar-refractivity contribution >= 4 is 23.5 Å². The van der Waals surface area contributed by atoms with Gasteiger partial charge in [0.25, 0.3) is 11.8 Å². The van der Waals surface area contributed by atoms with Crippen LogP contribution in [0, 0.1) is 6.92 Å². The molecule has 7 nitrogen and oxygen atoms in total. The van der Waals surface area contributed by atoms with Gasteiger partial charge in [-0.2, -0.15) is 8.78 Å². The first-order chi connectivity index (χ1) is 13.3. The van der Waals surface area contributed by atoms with Crippen LogP contribution in [0.5, 0.6) is 5.75 Å². The summed E-state index contributed by atoms with van der Waals surface area (Å²) in [6, 6.07) is 12.4. The second kappa shape index (κ2) is 10.0. The Morgan fingerprint density at radius 3 is 2.54 bits per heavy atom. The summed E-state index contributed by atoms with van der Waals surface area (Å²) in [6.45, 7) is -2.30. The van der Waals surface area contributed by atoms with E-state index in [0.717, 1.165) is 5.56 Å². The molecule has 0 aliphatic carbocycles. The van der Waals surface area contributed by atoms with Crippen LogP contribution in [0.15, 0.2) is 48.5 Å². The maximum atomic E-state index is 12.3. The van der Waals surface area contributed by atoms with E-state index in [1.54, 1.807) is 18.2 Å². The molecule has 0 spiro atoms. The lowest BCUT2D eigenvalue weighted by molar-refractivity contribution is -0.146. The largest absolute Gasteiger partial charge is 0.454 e. The van der Waals surface area contributed by atoms with Crippen LogP contribution in [0.3, 0.4) is 0 Å². The summed E-state index contributed by atoms with van der Waals surface area (Å²) in [5.41, 5.74) is 1.29. The van der Waals surface area contributed by atoms with Crippen LogP contribution in [0.4, 0.5) is 14.5 Å². The predicted molar refractivity (Wildman–Crippen MR) is 96.2 cm³/mol. The summed E-state index contributed by atoms with van der Waals surface area (Å²) in [4.78, 5) is 35.4. The molecule has 0 bridgehead atoms. The van der Waals surface area contributed by atoms with Crippen LogP contribution in [-0.2, 0) is 14.3 Å². The van der Waals surface area contributed by atoms with Crippen LogP contribution in [0.1, 0.15) is 15.9 Å². The summed E-state index contributed by atoms with van der Waals surface area (Å²) < 4.78 is 33.7. The predicted octanol–water partition coefficient (Wildman–Crippen LogP) is 2.51. The Balaban J connectivity index is 1.78. The number of ether oxygens (including phenoxy) is 2. The first-order valence-electron chi connectivity index (χ1n) is 8.19. The number of hydrogen-bond donors (Lipinski definition) is 2. The molecule has 0 unspecified atom stereocenters. The third kappa shape index (κ3) is 6.67. The normalized spacial score (nSPS) is 10.3. The molecule has 148 valence electrons. The van der Waals surface area contributed by atoms with Gasteiger partial charge >= 0.3 is 12.6 Å². The van der Waals surface area contributed by atoms with E-state index >= 15 is 0 Å². The number of amides is 2. The summed E-state index contributed by atoms with van der Waals surface area (Å²) in [5, 5.41) is 4.69. The summed E-state index contributed by atoms with van der Waals surface area (Å²) in [6.07, 6.45) is 0. The highest BCUT2D eigenvalue weighted by atomic mass is 19.3. The van der Waals surface area contributed by atoms with Crippen molar-refractivity contribution in [1.82, 2.24) is 5.32 Å². The lowest BCUT2D eigenvalue weighted by Gasteiger charge is -2.12. The van der Waals surface area contributed by atoms with Crippen molar-refractivity contribution in [2.75, 3.05) is 18.5 Å². The zero-order chi connectivity index (χ0) is 20.5. The third-order valence-electron chi connectivity index (χ3n) is 3.41. The van der Waals surface area contributed by atoms with E-state index in [2.05, 4.69) is 15.4 Å². The second-order valence-corrected chi connectivity index (χ2v) is 5.64. The molecule has 0 atom stereocenters. The molecule has 2 amide bonds. The van der Waals surface area contributed by atoms with Gasteiger partial charge in [-0.1, -0.05) is 29.8 Å². The van der Waals surface area contributed by atoms with E-state index in [4.69, 9.17) is 4.74 Å². The molecule has 2 aromatic rings. The SMILES string of the molecule is Cc1cccc(C(=O)NCC(=O)OCC(=O)Nc2ccccc2OC(F)F)c1. The minimum atomic E-state index is -3.05. The number of aryl methyl sites for hydroxylation is 1. The monoisotopic (exact) mass is 392 g/mol. The number of hydrogen-bond acceptors (Lipinski definition) is 5. The van der Waals surface area contributed by atoms with Gasteiger partial charge in [0, 0.05) is 5.56 Å². The average molecular weight is 392 g/mol. The fraction of sp³-hybridized carbons (Fsp3) is 0.211. The maximum absolute atomic E-state index is 12.3. The Bertz CT molecular complexity index is 858. The highest BCUT2D eigenvalue weighted by Crippen LogP contribution is 2.25. The number of esters is 1. The van der Waals surface area contributed by atoms with Gasteiger partial charge in [0.05, 0.1) is 5.69 Å². The molecule has 0 heterocycles. The molecular weight excluding hydrogens is 374 g/mol. The van der Waals surface area contributed by atoms with Crippen molar-refractivity contribution in [1.29, 1.82) is 0 Å². The van der Waals surface area contributed by atoms with Crippen LogP contribution in [0.2, 0.25) is 0 Å². The molecule has 2 aromatic carbocycles. The Kier molecular flexibility index (Phi) is 7.44. The van der Waals surface area contributed by atoms with Gasteiger partial charge in [-0.3, -0.25) is 14.4 Å². The summed E-state index contributed by atoms with van der Waals surface area (Å²) in [5.74, 6) is -2.25.